The molecule has 0 bridgehead atoms. The van der Waals surface area contributed by atoms with E-state index < -0.39 is 5.91 Å². The molecule has 0 atom stereocenters. The lowest BCUT2D eigenvalue weighted by Gasteiger charge is -2.12. The molecule has 1 heterocycles. The van der Waals surface area contributed by atoms with Crippen molar-refractivity contribution in [2.75, 3.05) is 32.7 Å². The zero-order valence-corrected chi connectivity index (χ0v) is 15.5. The monoisotopic (exact) mass is 377 g/mol. The van der Waals surface area contributed by atoms with Gasteiger partial charge in [-0.25, -0.2) is 0 Å². The number of hydrogen-bond donors (Lipinski definition) is 2. The maximum atomic E-state index is 12.5. The summed E-state index contributed by atoms with van der Waals surface area (Å²) in [7, 11) is 3.04. The quantitative estimate of drug-likeness (QED) is 0.724. The van der Waals surface area contributed by atoms with Crippen LogP contribution in [-0.2, 0) is 4.74 Å². The standard InChI is InChI=1S/C18H20ClN3O4/c1-11-8-14(16(26-3)10-13(11)19)22-17(23)12-4-5-20-15(9-12)18(24)21-6-7-25-2/h4-5,8-10H,6-7H2,1-3H3,(H,21,24)(H,22,23). The molecular formula is C18H20ClN3O4. The topological polar surface area (TPSA) is 89.5 Å². The summed E-state index contributed by atoms with van der Waals surface area (Å²) in [5.74, 6) is -0.324. The Bertz CT molecular complexity index is 811. The first-order valence-electron chi connectivity index (χ1n) is 7.85. The number of rotatable bonds is 7. The molecule has 8 heteroatoms. The summed E-state index contributed by atoms with van der Waals surface area (Å²) in [6.45, 7) is 2.57. The number of amides is 2. The van der Waals surface area contributed by atoms with E-state index in [4.69, 9.17) is 21.1 Å². The van der Waals surface area contributed by atoms with Gasteiger partial charge in [-0.05, 0) is 30.7 Å². The Morgan fingerprint density at radius 1 is 1.19 bits per heavy atom. The van der Waals surface area contributed by atoms with Crippen LogP contribution in [-0.4, -0.2) is 44.2 Å². The summed E-state index contributed by atoms with van der Waals surface area (Å²) in [6, 6.07) is 6.30. The van der Waals surface area contributed by atoms with E-state index in [0.717, 1.165) is 5.56 Å². The minimum absolute atomic E-state index is 0.146. The SMILES string of the molecule is COCCNC(=O)c1cc(C(=O)Nc2cc(C)c(Cl)cc2OC)ccn1. The summed E-state index contributed by atoms with van der Waals surface area (Å²) >= 11 is 6.07. The van der Waals surface area contributed by atoms with Crippen LogP contribution >= 0.6 is 11.6 Å². The molecule has 2 rings (SSSR count). The third-order valence-electron chi connectivity index (χ3n) is 3.58. The summed E-state index contributed by atoms with van der Waals surface area (Å²) in [5.41, 5.74) is 1.73. The molecule has 0 fully saturated rings. The van der Waals surface area contributed by atoms with Crippen molar-refractivity contribution in [1.82, 2.24) is 10.3 Å². The van der Waals surface area contributed by atoms with Crippen LogP contribution in [0.1, 0.15) is 26.4 Å². The molecule has 2 N–H and O–H groups in total. The Balaban J connectivity index is 2.17. The van der Waals surface area contributed by atoms with E-state index in [1.807, 2.05) is 6.92 Å². The minimum atomic E-state index is -0.390. The van der Waals surface area contributed by atoms with Gasteiger partial charge in [-0.1, -0.05) is 11.6 Å². The van der Waals surface area contributed by atoms with Gasteiger partial charge < -0.3 is 20.1 Å². The van der Waals surface area contributed by atoms with Gasteiger partial charge in [0, 0.05) is 36.5 Å². The van der Waals surface area contributed by atoms with Crippen LogP contribution in [0.15, 0.2) is 30.5 Å². The minimum Gasteiger partial charge on any atom is -0.495 e. The third-order valence-corrected chi connectivity index (χ3v) is 3.98. The lowest BCUT2D eigenvalue weighted by atomic mass is 10.1. The van der Waals surface area contributed by atoms with E-state index in [2.05, 4.69) is 15.6 Å². The van der Waals surface area contributed by atoms with Crippen LogP contribution in [0, 0.1) is 6.92 Å². The van der Waals surface area contributed by atoms with E-state index >= 15 is 0 Å². The van der Waals surface area contributed by atoms with E-state index in [9.17, 15) is 9.59 Å². The first kappa shape index (κ1) is 19.7. The molecule has 0 unspecified atom stereocenters. The average molecular weight is 378 g/mol. The van der Waals surface area contributed by atoms with Crippen molar-refractivity contribution >= 4 is 29.1 Å². The van der Waals surface area contributed by atoms with Crippen LogP contribution < -0.4 is 15.4 Å². The molecule has 2 aromatic rings. The van der Waals surface area contributed by atoms with Crippen molar-refractivity contribution in [2.24, 2.45) is 0 Å². The maximum absolute atomic E-state index is 12.5. The van der Waals surface area contributed by atoms with Crippen LogP contribution in [0.2, 0.25) is 5.02 Å². The van der Waals surface area contributed by atoms with Gasteiger partial charge in [-0.15, -0.1) is 0 Å². The first-order chi connectivity index (χ1) is 12.5. The fourth-order valence-electron chi connectivity index (χ4n) is 2.18. The summed E-state index contributed by atoms with van der Waals surface area (Å²) in [4.78, 5) is 28.6. The summed E-state index contributed by atoms with van der Waals surface area (Å²) in [6.07, 6.45) is 1.41. The first-order valence-corrected chi connectivity index (χ1v) is 8.22. The molecule has 2 amide bonds. The Morgan fingerprint density at radius 3 is 2.65 bits per heavy atom. The Labute approximate surface area is 156 Å². The Hall–Kier alpha value is -2.64. The van der Waals surface area contributed by atoms with Crippen molar-refractivity contribution in [3.63, 3.8) is 0 Å². The molecule has 0 saturated carbocycles. The number of ether oxygens (including phenoxy) is 2. The number of aromatic nitrogens is 1. The summed E-state index contributed by atoms with van der Waals surface area (Å²) in [5, 5.41) is 5.96. The zero-order chi connectivity index (χ0) is 19.1. The Morgan fingerprint density at radius 2 is 1.96 bits per heavy atom. The number of methoxy groups -OCH3 is 2. The smallest absolute Gasteiger partial charge is 0.269 e. The van der Waals surface area contributed by atoms with Gasteiger partial charge in [-0.3, -0.25) is 14.6 Å². The fraction of sp³-hybridized carbons (Fsp3) is 0.278. The van der Waals surface area contributed by atoms with E-state index in [1.165, 1.54) is 25.4 Å². The van der Waals surface area contributed by atoms with Gasteiger partial charge in [0.15, 0.2) is 0 Å². The molecule has 26 heavy (non-hydrogen) atoms. The molecule has 0 spiro atoms. The highest BCUT2D eigenvalue weighted by Crippen LogP contribution is 2.31. The van der Waals surface area contributed by atoms with Crippen molar-refractivity contribution in [3.8, 4) is 5.75 Å². The van der Waals surface area contributed by atoms with Crippen LogP contribution in [0.5, 0.6) is 5.75 Å². The highest BCUT2D eigenvalue weighted by atomic mass is 35.5. The number of carbonyl (C=O) groups is 2. The van der Waals surface area contributed by atoms with Gasteiger partial charge in [0.05, 0.1) is 19.4 Å². The normalized spacial score (nSPS) is 10.3. The van der Waals surface area contributed by atoms with Crippen LogP contribution in [0.3, 0.4) is 0 Å². The van der Waals surface area contributed by atoms with Crippen LogP contribution in [0.25, 0.3) is 0 Å². The maximum Gasteiger partial charge on any atom is 0.269 e. The Kier molecular flexibility index (Phi) is 6.94. The van der Waals surface area contributed by atoms with Gasteiger partial charge in [0.25, 0.3) is 11.8 Å². The summed E-state index contributed by atoms with van der Waals surface area (Å²) < 4.78 is 10.1. The highest BCUT2D eigenvalue weighted by Gasteiger charge is 2.14. The number of hydrogen-bond acceptors (Lipinski definition) is 5. The van der Waals surface area contributed by atoms with Gasteiger partial charge in [0.1, 0.15) is 11.4 Å². The fourth-order valence-corrected chi connectivity index (χ4v) is 2.33. The molecule has 0 radical (unpaired) electrons. The highest BCUT2D eigenvalue weighted by molar-refractivity contribution is 6.31. The van der Waals surface area contributed by atoms with Gasteiger partial charge >= 0.3 is 0 Å². The number of anilines is 1. The molecule has 1 aromatic heterocycles. The molecule has 7 nitrogen and oxygen atoms in total. The van der Waals surface area contributed by atoms with Crippen molar-refractivity contribution in [1.29, 1.82) is 0 Å². The molecule has 0 aliphatic carbocycles. The zero-order valence-electron chi connectivity index (χ0n) is 14.8. The third kappa shape index (κ3) is 4.93. The molecule has 0 aliphatic heterocycles. The predicted molar refractivity (Wildman–Crippen MR) is 99.1 cm³/mol. The number of halogens is 1. The second-order valence-corrected chi connectivity index (χ2v) is 5.84. The second-order valence-electron chi connectivity index (χ2n) is 5.43. The van der Waals surface area contributed by atoms with Crippen molar-refractivity contribution < 1.29 is 19.1 Å². The van der Waals surface area contributed by atoms with Gasteiger partial charge in [0.2, 0.25) is 0 Å². The van der Waals surface area contributed by atoms with E-state index in [-0.39, 0.29) is 11.6 Å². The second kappa shape index (κ2) is 9.17. The average Bonchev–Trinajstić information content (AvgIpc) is 2.64. The number of nitrogens with zero attached hydrogens (tertiary/aromatic N) is 1. The number of pyridine rings is 1. The molecule has 0 saturated heterocycles. The van der Waals surface area contributed by atoms with Crippen molar-refractivity contribution in [3.05, 3.63) is 52.3 Å². The molecular weight excluding hydrogens is 358 g/mol. The van der Waals surface area contributed by atoms with E-state index in [1.54, 1.807) is 19.2 Å². The molecule has 1 aromatic carbocycles. The number of carbonyl (C=O) groups excluding carboxylic acids is 2. The number of benzene rings is 1. The van der Waals surface area contributed by atoms with Crippen molar-refractivity contribution in [2.45, 2.75) is 6.92 Å². The largest absolute Gasteiger partial charge is 0.495 e. The van der Waals surface area contributed by atoms with E-state index in [0.29, 0.717) is 35.2 Å². The number of nitrogens with one attached hydrogen (secondary N) is 2. The van der Waals surface area contributed by atoms with Gasteiger partial charge in [-0.2, -0.15) is 0 Å². The van der Waals surface area contributed by atoms with Crippen LogP contribution in [0.4, 0.5) is 5.69 Å². The lowest BCUT2D eigenvalue weighted by Crippen LogP contribution is -2.28. The molecule has 0 aliphatic rings. The number of aryl methyl sites for hydroxylation is 1. The molecule has 138 valence electrons. The lowest BCUT2D eigenvalue weighted by molar-refractivity contribution is 0.0932. The predicted octanol–water partition coefficient (Wildman–Crippen LogP) is 2.68.